The molecule has 0 unspecified atom stereocenters. The molecule has 0 aromatic heterocycles. The van der Waals surface area contributed by atoms with Gasteiger partial charge in [-0.3, -0.25) is 9.69 Å². The van der Waals surface area contributed by atoms with Gasteiger partial charge in [0.25, 0.3) is 0 Å². The van der Waals surface area contributed by atoms with Gasteiger partial charge in [0.1, 0.15) is 12.1 Å². The van der Waals surface area contributed by atoms with Crippen molar-refractivity contribution in [3.63, 3.8) is 0 Å². The molecule has 0 radical (unpaired) electrons. The molecule has 0 aliphatic carbocycles. The van der Waals surface area contributed by atoms with Crippen LogP contribution in [0.2, 0.25) is 0 Å². The van der Waals surface area contributed by atoms with E-state index in [0.717, 1.165) is 17.9 Å². The number of carbonyl (C=O) groups is 2. The van der Waals surface area contributed by atoms with E-state index in [1.807, 2.05) is 45.0 Å². The van der Waals surface area contributed by atoms with Crippen LogP contribution in [0, 0.1) is 6.92 Å². The van der Waals surface area contributed by atoms with E-state index >= 15 is 0 Å². The predicted molar refractivity (Wildman–Crippen MR) is 115 cm³/mol. The maximum absolute atomic E-state index is 12.6. The molecular formula is C23H29N3O3. The Labute approximate surface area is 172 Å². The summed E-state index contributed by atoms with van der Waals surface area (Å²) in [5.74, 6) is -0.109. The number of rotatable bonds is 4. The summed E-state index contributed by atoms with van der Waals surface area (Å²) in [6, 6.07) is 16.2. The van der Waals surface area contributed by atoms with Gasteiger partial charge in [-0.15, -0.1) is 0 Å². The first-order chi connectivity index (χ1) is 13.7. The number of amides is 2. The zero-order valence-corrected chi connectivity index (χ0v) is 17.6. The van der Waals surface area contributed by atoms with Crippen molar-refractivity contribution < 1.29 is 14.3 Å². The van der Waals surface area contributed by atoms with Gasteiger partial charge in [-0.1, -0.05) is 29.8 Å². The SMILES string of the molecule is Cc1ccc(CNc2ccc(N3CCN(C(=O)OC(C)(C)C)CC3=O)cc2)cc1. The normalized spacial score (nSPS) is 14.7. The van der Waals surface area contributed by atoms with Crippen LogP contribution in [0.1, 0.15) is 31.9 Å². The van der Waals surface area contributed by atoms with Crippen LogP contribution in [-0.4, -0.2) is 42.1 Å². The zero-order chi connectivity index (χ0) is 21.0. The molecule has 1 saturated heterocycles. The Bertz CT molecular complexity index is 854. The molecule has 6 heteroatoms. The number of carbonyl (C=O) groups excluding carboxylic acids is 2. The quantitative estimate of drug-likeness (QED) is 0.843. The molecule has 0 spiro atoms. The lowest BCUT2D eigenvalue weighted by Gasteiger charge is -2.35. The van der Waals surface area contributed by atoms with E-state index < -0.39 is 11.7 Å². The molecule has 6 nitrogen and oxygen atoms in total. The molecule has 154 valence electrons. The molecule has 0 atom stereocenters. The average Bonchev–Trinajstić information content (AvgIpc) is 2.67. The number of hydrogen-bond donors (Lipinski definition) is 1. The molecule has 0 saturated carbocycles. The highest BCUT2D eigenvalue weighted by Crippen LogP contribution is 2.21. The number of hydrogen-bond acceptors (Lipinski definition) is 4. The number of anilines is 2. The van der Waals surface area contributed by atoms with Crippen LogP contribution < -0.4 is 10.2 Å². The fourth-order valence-corrected chi connectivity index (χ4v) is 3.10. The second-order valence-electron chi connectivity index (χ2n) is 8.33. The minimum Gasteiger partial charge on any atom is -0.444 e. The highest BCUT2D eigenvalue weighted by molar-refractivity contribution is 5.97. The number of piperazine rings is 1. The van der Waals surface area contributed by atoms with Crippen LogP contribution in [0.3, 0.4) is 0 Å². The highest BCUT2D eigenvalue weighted by atomic mass is 16.6. The molecule has 1 N–H and O–H groups in total. The first-order valence-electron chi connectivity index (χ1n) is 9.89. The molecule has 1 fully saturated rings. The van der Waals surface area contributed by atoms with Gasteiger partial charge in [-0.05, 0) is 57.5 Å². The van der Waals surface area contributed by atoms with Crippen LogP contribution in [0.25, 0.3) is 0 Å². The summed E-state index contributed by atoms with van der Waals surface area (Å²) in [6.45, 7) is 9.20. The molecule has 1 aliphatic rings. The summed E-state index contributed by atoms with van der Waals surface area (Å²) < 4.78 is 5.36. The topological polar surface area (TPSA) is 61.9 Å². The van der Waals surface area contributed by atoms with Gasteiger partial charge in [0, 0.05) is 31.0 Å². The third kappa shape index (κ3) is 5.73. The van der Waals surface area contributed by atoms with Crippen molar-refractivity contribution in [3.8, 4) is 0 Å². The van der Waals surface area contributed by atoms with Crippen molar-refractivity contribution in [1.29, 1.82) is 0 Å². The molecule has 2 amide bonds. The van der Waals surface area contributed by atoms with E-state index in [1.165, 1.54) is 16.0 Å². The lowest BCUT2D eigenvalue weighted by atomic mass is 10.1. The van der Waals surface area contributed by atoms with Gasteiger partial charge in [0.05, 0.1) is 0 Å². The Kier molecular flexibility index (Phi) is 6.11. The Morgan fingerprint density at radius 1 is 1.03 bits per heavy atom. The van der Waals surface area contributed by atoms with Crippen LogP contribution in [0.4, 0.5) is 16.2 Å². The van der Waals surface area contributed by atoms with E-state index in [9.17, 15) is 9.59 Å². The highest BCUT2D eigenvalue weighted by Gasteiger charge is 2.30. The number of benzene rings is 2. The predicted octanol–water partition coefficient (Wildman–Crippen LogP) is 4.19. The number of ether oxygens (including phenoxy) is 1. The van der Waals surface area contributed by atoms with Gasteiger partial charge in [-0.25, -0.2) is 4.79 Å². The Morgan fingerprint density at radius 3 is 2.28 bits per heavy atom. The maximum atomic E-state index is 12.6. The van der Waals surface area contributed by atoms with Gasteiger partial charge >= 0.3 is 6.09 Å². The van der Waals surface area contributed by atoms with Crippen LogP contribution >= 0.6 is 0 Å². The molecule has 29 heavy (non-hydrogen) atoms. The molecular weight excluding hydrogens is 366 g/mol. The summed E-state index contributed by atoms with van der Waals surface area (Å²) in [7, 11) is 0. The standard InChI is InChI=1S/C23H29N3O3/c1-17-5-7-18(8-6-17)15-24-19-9-11-20(12-10-19)26-14-13-25(16-21(26)27)22(28)29-23(2,3)4/h5-12,24H,13-16H2,1-4H3. The second-order valence-corrected chi connectivity index (χ2v) is 8.33. The van der Waals surface area contributed by atoms with Crippen molar-refractivity contribution >= 4 is 23.4 Å². The van der Waals surface area contributed by atoms with E-state index in [-0.39, 0.29) is 12.5 Å². The molecule has 1 aliphatic heterocycles. The van der Waals surface area contributed by atoms with Crippen molar-refractivity contribution in [2.75, 3.05) is 29.9 Å². The third-order valence-corrected chi connectivity index (χ3v) is 4.67. The Balaban J connectivity index is 1.55. The molecule has 3 rings (SSSR count). The van der Waals surface area contributed by atoms with Gasteiger partial charge < -0.3 is 15.0 Å². The molecule has 1 heterocycles. The summed E-state index contributed by atoms with van der Waals surface area (Å²) in [4.78, 5) is 27.9. The number of aryl methyl sites for hydroxylation is 1. The first-order valence-corrected chi connectivity index (χ1v) is 9.89. The minimum atomic E-state index is -0.571. The van der Waals surface area contributed by atoms with Crippen LogP contribution in [0.5, 0.6) is 0 Å². The lowest BCUT2D eigenvalue weighted by molar-refractivity contribution is -0.121. The lowest BCUT2D eigenvalue weighted by Crippen LogP contribution is -2.53. The Hall–Kier alpha value is -3.02. The van der Waals surface area contributed by atoms with Crippen molar-refractivity contribution in [3.05, 3.63) is 59.7 Å². The second kappa shape index (κ2) is 8.55. The summed E-state index contributed by atoms with van der Waals surface area (Å²) >= 11 is 0. The minimum absolute atomic E-state index is 0.0301. The molecule has 0 bridgehead atoms. The van der Waals surface area contributed by atoms with Crippen LogP contribution in [0.15, 0.2) is 48.5 Å². The van der Waals surface area contributed by atoms with Crippen LogP contribution in [-0.2, 0) is 16.1 Å². The number of nitrogens with one attached hydrogen (secondary N) is 1. The summed E-state index contributed by atoms with van der Waals surface area (Å²) in [6.07, 6.45) is -0.443. The van der Waals surface area contributed by atoms with Crippen molar-refractivity contribution in [2.24, 2.45) is 0 Å². The smallest absolute Gasteiger partial charge is 0.410 e. The van der Waals surface area contributed by atoms with Gasteiger partial charge in [0.2, 0.25) is 5.91 Å². The molecule has 2 aromatic rings. The van der Waals surface area contributed by atoms with Gasteiger partial charge in [0.15, 0.2) is 0 Å². The fourth-order valence-electron chi connectivity index (χ4n) is 3.10. The fraction of sp³-hybridized carbons (Fsp3) is 0.391. The number of nitrogens with zero attached hydrogens (tertiary/aromatic N) is 2. The third-order valence-electron chi connectivity index (χ3n) is 4.67. The van der Waals surface area contributed by atoms with E-state index in [4.69, 9.17) is 4.74 Å². The molecule has 2 aromatic carbocycles. The van der Waals surface area contributed by atoms with E-state index in [1.54, 1.807) is 4.90 Å². The van der Waals surface area contributed by atoms with Crippen molar-refractivity contribution in [1.82, 2.24) is 4.90 Å². The zero-order valence-electron chi connectivity index (χ0n) is 17.6. The van der Waals surface area contributed by atoms with E-state index in [0.29, 0.717) is 13.1 Å². The van der Waals surface area contributed by atoms with Gasteiger partial charge in [-0.2, -0.15) is 0 Å². The maximum Gasteiger partial charge on any atom is 0.410 e. The monoisotopic (exact) mass is 395 g/mol. The average molecular weight is 396 g/mol. The summed E-state index contributed by atoms with van der Waals surface area (Å²) in [5.41, 5.74) is 3.72. The largest absolute Gasteiger partial charge is 0.444 e. The summed E-state index contributed by atoms with van der Waals surface area (Å²) in [5, 5.41) is 3.39. The van der Waals surface area contributed by atoms with E-state index in [2.05, 4.69) is 36.5 Å². The van der Waals surface area contributed by atoms with Crippen molar-refractivity contribution in [2.45, 2.75) is 39.8 Å². The first kappa shape index (κ1) is 20.7. The Morgan fingerprint density at radius 2 is 1.69 bits per heavy atom.